The topological polar surface area (TPSA) is 78.9 Å². The molecule has 0 saturated carbocycles. The summed E-state index contributed by atoms with van der Waals surface area (Å²) in [6, 6.07) is 0. The Labute approximate surface area is 428 Å². The molecule has 69 heavy (non-hydrogen) atoms. The monoisotopic (exact) mass is 967 g/mol. The van der Waals surface area contributed by atoms with Gasteiger partial charge in [0.05, 0.1) is 0 Å². The van der Waals surface area contributed by atoms with Gasteiger partial charge in [-0.3, -0.25) is 14.4 Å². The SMILES string of the molecule is CCCCC/C=C\C/C=C\CCCCCCCCCC(=O)OCC(COC(=O)CCCCCCCCCCCCCCCCCCC)OC(=O)CCCCCCCCC/C=C\C/C=C\CCCCC. The average molecular weight is 968 g/mol. The van der Waals surface area contributed by atoms with Gasteiger partial charge in [0, 0.05) is 19.3 Å². The Balaban J connectivity index is 4.37. The van der Waals surface area contributed by atoms with E-state index in [1.54, 1.807) is 0 Å². The molecule has 0 spiro atoms. The summed E-state index contributed by atoms with van der Waals surface area (Å²) in [6.07, 6.45) is 71.0. The van der Waals surface area contributed by atoms with Gasteiger partial charge in [0.15, 0.2) is 6.10 Å². The molecule has 0 aromatic heterocycles. The third kappa shape index (κ3) is 56.2. The maximum atomic E-state index is 12.9. The van der Waals surface area contributed by atoms with Gasteiger partial charge < -0.3 is 14.2 Å². The van der Waals surface area contributed by atoms with Crippen molar-refractivity contribution >= 4 is 17.9 Å². The zero-order chi connectivity index (χ0) is 50.0. The van der Waals surface area contributed by atoms with E-state index in [-0.39, 0.29) is 31.1 Å². The van der Waals surface area contributed by atoms with Crippen molar-refractivity contribution in [2.24, 2.45) is 0 Å². The van der Waals surface area contributed by atoms with Crippen LogP contribution >= 0.6 is 0 Å². The lowest BCUT2D eigenvalue weighted by molar-refractivity contribution is -0.167. The van der Waals surface area contributed by atoms with Crippen LogP contribution in [0.2, 0.25) is 0 Å². The lowest BCUT2D eigenvalue weighted by atomic mass is 10.0. The van der Waals surface area contributed by atoms with Crippen LogP contribution in [0, 0.1) is 0 Å². The fourth-order valence-electron chi connectivity index (χ4n) is 8.74. The summed E-state index contributed by atoms with van der Waals surface area (Å²) in [6.45, 7) is 6.62. The molecule has 0 fully saturated rings. The van der Waals surface area contributed by atoms with Gasteiger partial charge in [-0.15, -0.1) is 0 Å². The summed E-state index contributed by atoms with van der Waals surface area (Å²) in [5, 5.41) is 0. The molecule has 0 aliphatic rings. The predicted octanol–water partition coefficient (Wildman–Crippen LogP) is 20.2. The number of esters is 3. The van der Waals surface area contributed by atoms with E-state index < -0.39 is 6.10 Å². The van der Waals surface area contributed by atoms with Crippen LogP contribution in [0.3, 0.4) is 0 Å². The van der Waals surface area contributed by atoms with E-state index >= 15 is 0 Å². The zero-order valence-electron chi connectivity index (χ0n) is 46.1. The lowest BCUT2D eigenvalue weighted by Gasteiger charge is -2.18. The highest BCUT2D eigenvalue weighted by Gasteiger charge is 2.19. The standard InChI is InChI=1S/C63H114O6/c1-4-7-10-13-16-19-22-25-28-31-34-37-40-43-46-49-52-55-61(64)67-58-60(69-63(66)57-54-51-48-45-42-39-36-33-30-27-24-21-18-15-12-9-6-3)59-68-62(65)56-53-50-47-44-41-38-35-32-29-26-23-20-17-14-11-8-5-2/h16,18-19,21,25,27-28,30,60H,4-15,17,20,22-24,26,29,31-59H2,1-3H3/b19-16-,21-18-,28-25-,30-27-. The van der Waals surface area contributed by atoms with Gasteiger partial charge in [-0.1, -0.05) is 262 Å². The first kappa shape index (κ1) is 66.4. The quantitative estimate of drug-likeness (QED) is 0.0262. The molecule has 0 radical (unpaired) electrons. The number of hydrogen-bond acceptors (Lipinski definition) is 6. The number of allylic oxidation sites excluding steroid dienone is 8. The van der Waals surface area contributed by atoms with Gasteiger partial charge in [-0.25, -0.2) is 0 Å². The molecule has 1 unspecified atom stereocenters. The molecule has 6 nitrogen and oxygen atoms in total. The highest BCUT2D eigenvalue weighted by atomic mass is 16.6. The summed E-state index contributed by atoms with van der Waals surface area (Å²) in [5.74, 6) is -0.874. The fourth-order valence-corrected chi connectivity index (χ4v) is 8.74. The molecule has 1 atom stereocenters. The molecule has 0 aliphatic carbocycles. The molecular formula is C63H114O6. The van der Waals surface area contributed by atoms with E-state index in [9.17, 15) is 14.4 Å². The van der Waals surface area contributed by atoms with Crippen LogP contribution in [0.4, 0.5) is 0 Å². The molecule has 0 bridgehead atoms. The number of ether oxygens (including phenoxy) is 3. The number of hydrogen-bond donors (Lipinski definition) is 0. The third-order valence-electron chi connectivity index (χ3n) is 13.3. The van der Waals surface area contributed by atoms with Crippen LogP contribution in [0.15, 0.2) is 48.6 Å². The van der Waals surface area contributed by atoms with Crippen molar-refractivity contribution in [1.82, 2.24) is 0 Å². The molecule has 0 amide bonds. The third-order valence-corrected chi connectivity index (χ3v) is 13.3. The van der Waals surface area contributed by atoms with Gasteiger partial charge >= 0.3 is 17.9 Å². The Morgan fingerprint density at radius 1 is 0.290 bits per heavy atom. The lowest BCUT2D eigenvalue weighted by Crippen LogP contribution is -2.30. The minimum atomic E-state index is -0.779. The fraction of sp³-hybridized carbons (Fsp3) is 0.825. The van der Waals surface area contributed by atoms with Crippen molar-refractivity contribution in [3.63, 3.8) is 0 Å². The van der Waals surface area contributed by atoms with Crippen LogP contribution in [0.25, 0.3) is 0 Å². The Hall–Kier alpha value is -2.63. The molecule has 0 aromatic carbocycles. The zero-order valence-corrected chi connectivity index (χ0v) is 46.1. The minimum Gasteiger partial charge on any atom is -0.462 e. The normalized spacial score (nSPS) is 12.3. The van der Waals surface area contributed by atoms with E-state index in [0.29, 0.717) is 19.3 Å². The molecule has 0 saturated heterocycles. The van der Waals surface area contributed by atoms with Crippen LogP contribution in [-0.2, 0) is 28.6 Å². The average Bonchev–Trinajstić information content (AvgIpc) is 3.35. The van der Waals surface area contributed by atoms with Crippen LogP contribution in [0.1, 0.15) is 316 Å². The first-order chi connectivity index (χ1) is 34.0. The number of carbonyl (C=O) groups is 3. The van der Waals surface area contributed by atoms with Crippen molar-refractivity contribution in [3.8, 4) is 0 Å². The van der Waals surface area contributed by atoms with E-state index in [2.05, 4.69) is 69.4 Å². The Morgan fingerprint density at radius 3 is 0.826 bits per heavy atom. The smallest absolute Gasteiger partial charge is 0.306 e. The van der Waals surface area contributed by atoms with Gasteiger partial charge in [0.1, 0.15) is 13.2 Å². The second-order valence-corrected chi connectivity index (χ2v) is 20.3. The van der Waals surface area contributed by atoms with Crippen molar-refractivity contribution in [3.05, 3.63) is 48.6 Å². The Morgan fingerprint density at radius 2 is 0.522 bits per heavy atom. The molecule has 0 heterocycles. The second-order valence-electron chi connectivity index (χ2n) is 20.3. The van der Waals surface area contributed by atoms with Crippen LogP contribution in [0.5, 0.6) is 0 Å². The number of unbranched alkanes of at least 4 members (excludes halogenated alkanes) is 36. The van der Waals surface area contributed by atoms with Gasteiger partial charge in [0.25, 0.3) is 0 Å². The maximum Gasteiger partial charge on any atom is 0.306 e. The van der Waals surface area contributed by atoms with E-state index in [0.717, 1.165) is 83.5 Å². The van der Waals surface area contributed by atoms with E-state index in [4.69, 9.17) is 14.2 Å². The van der Waals surface area contributed by atoms with Crippen molar-refractivity contribution < 1.29 is 28.6 Å². The highest BCUT2D eigenvalue weighted by Crippen LogP contribution is 2.16. The van der Waals surface area contributed by atoms with Gasteiger partial charge in [-0.2, -0.15) is 0 Å². The van der Waals surface area contributed by atoms with Crippen LogP contribution < -0.4 is 0 Å². The predicted molar refractivity (Wildman–Crippen MR) is 298 cm³/mol. The van der Waals surface area contributed by atoms with Crippen molar-refractivity contribution in [1.29, 1.82) is 0 Å². The summed E-state index contributed by atoms with van der Waals surface area (Å²) < 4.78 is 16.9. The summed E-state index contributed by atoms with van der Waals surface area (Å²) in [7, 11) is 0. The molecular weight excluding hydrogens is 853 g/mol. The molecule has 402 valence electrons. The molecule has 0 aliphatic heterocycles. The molecule has 0 N–H and O–H groups in total. The highest BCUT2D eigenvalue weighted by molar-refractivity contribution is 5.71. The Bertz CT molecular complexity index is 1200. The number of carbonyl (C=O) groups excluding carboxylic acids is 3. The molecule has 0 aromatic rings. The van der Waals surface area contributed by atoms with E-state index in [1.165, 1.54) is 193 Å². The second kappa shape index (κ2) is 57.9. The summed E-state index contributed by atoms with van der Waals surface area (Å²) in [5.41, 5.74) is 0. The number of rotatable bonds is 55. The van der Waals surface area contributed by atoms with Crippen molar-refractivity contribution in [2.45, 2.75) is 322 Å². The molecule has 0 rings (SSSR count). The first-order valence-corrected chi connectivity index (χ1v) is 30.1. The summed E-state index contributed by atoms with van der Waals surface area (Å²) in [4.78, 5) is 38.2. The first-order valence-electron chi connectivity index (χ1n) is 30.1. The molecule has 6 heteroatoms. The summed E-state index contributed by atoms with van der Waals surface area (Å²) >= 11 is 0. The van der Waals surface area contributed by atoms with Crippen molar-refractivity contribution in [2.75, 3.05) is 13.2 Å². The van der Waals surface area contributed by atoms with E-state index in [1.807, 2.05) is 0 Å². The van der Waals surface area contributed by atoms with Gasteiger partial charge in [-0.05, 0) is 83.5 Å². The maximum absolute atomic E-state index is 12.9. The van der Waals surface area contributed by atoms with Gasteiger partial charge in [0.2, 0.25) is 0 Å². The van der Waals surface area contributed by atoms with Crippen LogP contribution in [-0.4, -0.2) is 37.2 Å². The minimum absolute atomic E-state index is 0.0757. The Kier molecular flexibility index (Phi) is 55.7. The largest absolute Gasteiger partial charge is 0.462 e.